The molecule has 5 heterocycles. The van der Waals surface area contributed by atoms with Crippen LogP contribution >= 0.6 is 0 Å². The van der Waals surface area contributed by atoms with Gasteiger partial charge in [-0.05, 0) is 36.3 Å². The molecule has 0 spiro atoms. The average molecular weight is 411 g/mol. The van der Waals surface area contributed by atoms with E-state index in [1.165, 1.54) is 36.2 Å². The van der Waals surface area contributed by atoms with Crippen LogP contribution in [0.1, 0.15) is 44.0 Å². The van der Waals surface area contributed by atoms with Crippen molar-refractivity contribution in [2.75, 3.05) is 20.3 Å². The number of para-hydroxylation sites is 1. The Morgan fingerprint density at radius 3 is 2.73 bits per heavy atom. The van der Waals surface area contributed by atoms with Gasteiger partial charge in [0.2, 0.25) is 0 Å². The second kappa shape index (κ2) is 6.84. The molecule has 1 aromatic heterocycles. The fourth-order valence-corrected chi connectivity index (χ4v) is 6.88. The van der Waals surface area contributed by atoms with E-state index >= 15 is 0 Å². The maximum Gasteiger partial charge on any atom is 0.317 e. The fourth-order valence-electron chi connectivity index (χ4n) is 6.88. The maximum absolute atomic E-state index is 13.4. The molecule has 30 heavy (non-hydrogen) atoms. The van der Waals surface area contributed by atoms with Crippen LogP contribution in [0.5, 0.6) is 0 Å². The van der Waals surface area contributed by atoms with Gasteiger partial charge in [0.15, 0.2) is 0 Å². The number of benzene rings is 1. The van der Waals surface area contributed by atoms with Gasteiger partial charge in [0.05, 0.1) is 13.2 Å². The summed E-state index contributed by atoms with van der Waals surface area (Å²) in [6.45, 7) is 4.69. The molecule has 0 radical (unpaired) electrons. The topological polar surface area (TPSA) is 60.8 Å². The van der Waals surface area contributed by atoms with Crippen molar-refractivity contribution in [1.82, 2.24) is 9.47 Å². The highest BCUT2D eigenvalue weighted by Gasteiger charge is 2.66. The number of esters is 2. The summed E-state index contributed by atoms with van der Waals surface area (Å²) < 4.78 is 13.3. The molecule has 0 aliphatic carbocycles. The lowest BCUT2D eigenvalue weighted by Crippen LogP contribution is -2.71. The van der Waals surface area contributed by atoms with Crippen LogP contribution in [0, 0.1) is 17.3 Å². The zero-order valence-corrected chi connectivity index (χ0v) is 18.2. The molecular formula is C24H30N2O4. The van der Waals surface area contributed by atoms with Crippen molar-refractivity contribution in [3.05, 3.63) is 35.5 Å². The van der Waals surface area contributed by atoms with Crippen molar-refractivity contribution < 1.29 is 19.1 Å². The van der Waals surface area contributed by atoms with Crippen molar-refractivity contribution >= 4 is 22.8 Å². The Balaban J connectivity index is 1.70. The number of fused-ring (bicyclic) bond motifs is 4. The number of piperidine rings is 3. The van der Waals surface area contributed by atoms with Crippen molar-refractivity contribution in [3.8, 4) is 0 Å². The van der Waals surface area contributed by atoms with Crippen molar-refractivity contribution in [2.24, 2.45) is 24.3 Å². The normalized spacial score (nSPS) is 33.9. The molecule has 4 bridgehead atoms. The molecule has 1 unspecified atom stereocenters. The quantitative estimate of drug-likeness (QED) is 0.725. The fraction of sp³-hybridized carbons (Fsp3) is 0.583. The van der Waals surface area contributed by atoms with E-state index in [9.17, 15) is 9.59 Å². The Bertz CT molecular complexity index is 1030. The first-order valence-electron chi connectivity index (χ1n) is 11.0. The van der Waals surface area contributed by atoms with Gasteiger partial charge in [-0.3, -0.25) is 14.5 Å². The van der Waals surface area contributed by atoms with Gasteiger partial charge in [0.25, 0.3) is 0 Å². The number of carbonyl (C=O) groups is 2. The van der Waals surface area contributed by atoms with Gasteiger partial charge in [-0.1, -0.05) is 31.5 Å². The molecule has 4 aliphatic heterocycles. The lowest BCUT2D eigenvalue weighted by atomic mass is 9.53. The number of hydrogen-bond acceptors (Lipinski definition) is 5. The molecule has 4 aliphatic rings. The van der Waals surface area contributed by atoms with Crippen molar-refractivity contribution in [3.63, 3.8) is 0 Å². The highest BCUT2D eigenvalue weighted by atomic mass is 16.5. The third-order valence-corrected chi connectivity index (χ3v) is 8.13. The van der Waals surface area contributed by atoms with Crippen molar-refractivity contribution in [1.29, 1.82) is 0 Å². The molecule has 6 heteroatoms. The number of rotatable bonds is 4. The molecule has 0 saturated carbocycles. The summed E-state index contributed by atoms with van der Waals surface area (Å²) >= 11 is 0. The smallest absolute Gasteiger partial charge is 0.317 e. The van der Waals surface area contributed by atoms with E-state index in [1.807, 2.05) is 0 Å². The SMILES string of the molecule is CC[C@@H]1CN2[C@H]3Cc4c(n(C)c5ccccc45)[C@@H]2C[C@@H]1[C@]3(COC(C)=O)C(=O)OC. The van der Waals surface area contributed by atoms with Gasteiger partial charge in [-0.2, -0.15) is 0 Å². The van der Waals surface area contributed by atoms with Gasteiger partial charge in [0, 0.05) is 43.2 Å². The van der Waals surface area contributed by atoms with Crippen LogP contribution in [-0.4, -0.2) is 47.7 Å². The number of methoxy groups -OCH3 is 1. The van der Waals surface area contributed by atoms with Crippen LogP contribution in [0.2, 0.25) is 0 Å². The van der Waals surface area contributed by atoms with E-state index in [4.69, 9.17) is 9.47 Å². The highest BCUT2D eigenvalue weighted by molar-refractivity contribution is 5.87. The maximum atomic E-state index is 13.4. The third-order valence-electron chi connectivity index (χ3n) is 8.13. The lowest BCUT2D eigenvalue weighted by molar-refractivity contribution is -0.208. The Labute approximate surface area is 177 Å². The van der Waals surface area contributed by atoms with E-state index < -0.39 is 5.41 Å². The highest BCUT2D eigenvalue weighted by Crippen LogP contribution is 2.60. The average Bonchev–Trinajstić information content (AvgIpc) is 3.04. The monoisotopic (exact) mass is 410 g/mol. The summed E-state index contributed by atoms with van der Waals surface area (Å²) in [7, 11) is 3.62. The second-order valence-electron chi connectivity index (χ2n) is 9.20. The standard InChI is InChI=1S/C24H30N2O4/c1-5-15-12-26-20-11-18(15)24(23(28)29-4,13-30-14(2)27)21(26)10-17-16-8-6-7-9-19(16)25(3)22(17)20/h6-9,15,18,20-21H,5,10-13H2,1-4H3/t15-,18+,20+,21+,24+/m1/s1. The van der Waals surface area contributed by atoms with Crippen LogP contribution in [0.4, 0.5) is 0 Å². The van der Waals surface area contributed by atoms with E-state index in [2.05, 4.69) is 47.7 Å². The predicted molar refractivity (Wildman–Crippen MR) is 113 cm³/mol. The Hall–Kier alpha value is -2.34. The van der Waals surface area contributed by atoms with Gasteiger partial charge < -0.3 is 14.0 Å². The summed E-state index contributed by atoms with van der Waals surface area (Å²) in [5.74, 6) is -0.0473. The number of aryl methyl sites for hydroxylation is 1. The predicted octanol–water partition coefficient (Wildman–Crippen LogP) is 3.23. The Kier molecular flexibility index (Phi) is 4.47. The summed E-state index contributed by atoms with van der Waals surface area (Å²) in [6.07, 6.45) is 2.67. The summed E-state index contributed by atoms with van der Waals surface area (Å²) in [4.78, 5) is 27.7. The van der Waals surface area contributed by atoms with Gasteiger partial charge >= 0.3 is 11.9 Å². The number of hydrogen-bond donors (Lipinski definition) is 0. The van der Waals surface area contributed by atoms with E-state index in [0.717, 1.165) is 25.8 Å². The number of carbonyl (C=O) groups excluding carboxylic acids is 2. The third kappa shape index (κ3) is 2.40. The molecule has 6 rings (SSSR count). The molecule has 6 atom stereocenters. The first kappa shape index (κ1) is 19.6. The van der Waals surface area contributed by atoms with Gasteiger partial charge in [0.1, 0.15) is 12.0 Å². The van der Waals surface area contributed by atoms with E-state index in [-0.39, 0.29) is 30.5 Å². The Morgan fingerprint density at radius 1 is 1.27 bits per heavy atom. The van der Waals surface area contributed by atoms with Crippen LogP contribution < -0.4 is 0 Å². The van der Waals surface area contributed by atoms with Crippen LogP contribution in [0.15, 0.2) is 24.3 Å². The van der Waals surface area contributed by atoms with E-state index in [1.54, 1.807) is 0 Å². The van der Waals surface area contributed by atoms with Gasteiger partial charge in [-0.25, -0.2) is 0 Å². The second-order valence-corrected chi connectivity index (χ2v) is 9.20. The molecule has 1 aromatic carbocycles. The molecule has 160 valence electrons. The zero-order chi connectivity index (χ0) is 21.2. The molecule has 0 N–H and O–H groups in total. The first-order valence-corrected chi connectivity index (χ1v) is 11.0. The summed E-state index contributed by atoms with van der Waals surface area (Å²) in [5, 5.41) is 1.27. The largest absolute Gasteiger partial charge is 0.468 e. The molecule has 6 nitrogen and oxygen atoms in total. The summed E-state index contributed by atoms with van der Waals surface area (Å²) in [6, 6.07) is 8.79. The van der Waals surface area contributed by atoms with Gasteiger partial charge in [-0.15, -0.1) is 0 Å². The minimum atomic E-state index is -0.815. The van der Waals surface area contributed by atoms with E-state index in [0.29, 0.717) is 12.0 Å². The molecule has 2 aromatic rings. The van der Waals surface area contributed by atoms with Crippen LogP contribution in [0.3, 0.4) is 0 Å². The lowest BCUT2D eigenvalue weighted by Gasteiger charge is -2.64. The minimum Gasteiger partial charge on any atom is -0.468 e. The van der Waals surface area contributed by atoms with Crippen molar-refractivity contribution in [2.45, 2.75) is 45.2 Å². The molecule has 0 amide bonds. The summed E-state index contributed by atoms with van der Waals surface area (Å²) in [5.41, 5.74) is 3.15. The number of aromatic nitrogens is 1. The molecular weight excluding hydrogens is 380 g/mol. The minimum absolute atomic E-state index is 0.0193. The number of nitrogens with zero attached hydrogens (tertiary/aromatic N) is 2. The van der Waals surface area contributed by atoms with Crippen LogP contribution in [-0.2, 0) is 32.5 Å². The molecule has 3 saturated heterocycles. The first-order chi connectivity index (χ1) is 14.4. The molecule has 3 fully saturated rings. The Morgan fingerprint density at radius 2 is 2.03 bits per heavy atom. The zero-order valence-electron chi connectivity index (χ0n) is 18.2. The number of ether oxygens (including phenoxy) is 2. The van der Waals surface area contributed by atoms with Crippen LogP contribution in [0.25, 0.3) is 10.9 Å².